The molecule has 2 rings (SSSR count). The van der Waals surface area contributed by atoms with E-state index in [4.69, 9.17) is 4.98 Å². The summed E-state index contributed by atoms with van der Waals surface area (Å²) in [5.74, 6) is 0. The van der Waals surface area contributed by atoms with Crippen molar-refractivity contribution in [3.63, 3.8) is 0 Å². The summed E-state index contributed by atoms with van der Waals surface area (Å²) in [5.41, 5.74) is 6.03. The third kappa shape index (κ3) is 1.64. The van der Waals surface area contributed by atoms with Crippen LogP contribution in [0.1, 0.15) is 23.7 Å². The lowest BCUT2D eigenvalue weighted by molar-refractivity contribution is 1.05. The molecule has 0 aliphatic carbocycles. The van der Waals surface area contributed by atoms with Gasteiger partial charge in [0, 0.05) is 23.8 Å². The quantitative estimate of drug-likeness (QED) is 0.828. The Bertz CT molecular complexity index is 530. The summed E-state index contributed by atoms with van der Waals surface area (Å²) in [4.78, 5) is 4.72. The highest BCUT2D eigenvalue weighted by Crippen LogP contribution is 2.27. The van der Waals surface area contributed by atoms with E-state index in [0.717, 1.165) is 17.6 Å². The van der Waals surface area contributed by atoms with E-state index >= 15 is 0 Å². The van der Waals surface area contributed by atoms with Crippen molar-refractivity contribution in [2.24, 2.45) is 0 Å². The summed E-state index contributed by atoms with van der Waals surface area (Å²) in [6.45, 7) is 6.41. The standard InChI is InChI=1S/C14H18N2/c1-5-11-8-13(15-4)12-7-6-9(2)10(3)14(12)16-11/h6-8H,5H2,1-4H3,(H,15,16). The van der Waals surface area contributed by atoms with E-state index in [2.05, 4.69) is 44.3 Å². The SMILES string of the molecule is CCc1cc(NC)c2ccc(C)c(C)c2n1. The van der Waals surface area contributed by atoms with Gasteiger partial charge in [-0.2, -0.15) is 0 Å². The molecule has 2 nitrogen and oxygen atoms in total. The van der Waals surface area contributed by atoms with Gasteiger partial charge in [0.2, 0.25) is 0 Å². The summed E-state index contributed by atoms with van der Waals surface area (Å²) >= 11 is 0. The lowest BCUT2D eigenvalue weighted by atomic mass is 10.0. The molecule has 0 bridgehead atoms. The zero-order valence-corrected chi connectivity index (χ0v) is 10.4. The maximum atomic E-state index is 4.72. The molecule has 0 radical (unpaired) electrons. The Hall–Kier alpha value is -1.57. The van der Waals surface area contributed by atoms with Gasteiger partial charge >= 0.3 is 0 Å². The summed E-state index contributed by atoms with van der Waals surface area (Å²) < 4.78 is 0. The lowest BCUT2D eigenvalue weighted by Gasteiger charge is -2.11. The van der Waals surface area contributed by atoms with E-state index in [-0.39, 0.29) is 0 Å². The van der Waals surface area contributed by atoms with Crippen molar-refractivity contribution >= 4 is 16.6 Å². The minimum atomic E-state index is 0.970. The number of nitrogens with one attached hydrogen (secondary N) is 1. The van der Waals surface area contributed by atoms with Gasteiger partial charge in [0.1, 0.15) is 0 Å². The second-order valence-corrected chi connectivity index (χ2v) is 4.17. The minimum Gasteiger partial charge on any atom is -0.388 e. The van der Waals surface area contributed by atoms with E-state index < -0.39 is 0 Å². The van der Waals surface area contributed by atoms with E-state index in [1.54, 1.807) is 0 Å². The summed E-state index contributed by atoms with van der Waals surface area (Å²) in [6.07, 6.45) is 0.970. The zero-order valence-electron chi connectivity index (χ0n) is 10.4. The molecular formula is C14H18N2. The van der Waals surface area contributed by atoms with Gasteiger partial charge in [0.05, 0.1) is 5.52 Å². The molecular weight excluding hydrogens is 196 g/mol. The molecule has 0 aliphatic heterocycles. The molecule has 1 aromatic carbocycles. The molecule has 0 fully saturated rings. The summed E-state index contributed by atoms with van der Waals surface area (Å²) in [6, 6.07) is 6.44. The second kappa shape index (κ2) is 4.12. The van der Waals surface area contributed by atoms with Crippen molar-refractivity contribution in [3.05, 3.63) is 35.0 Å². The molecule has 0 unspecified atom stereocenters. The Balaban J connectivity index is 2.84. The number of anilines is 1. The largest absolute Gasteiger partial charge is 0.388 e. The van der Waals surface area contributed by atoms with Gasteiger partial charge in [-0.1, -0.05) is 19.1 Å². The number of benzene rings is 1. The van der Waals surface area contributed by atoms with Crippen molar-refractivity contribution in [1.29, 1.82) is 0 Å². The summed E-state index contributed by atoms with van der Waals surface area (Å²) in [5, 5.41) is 4.46. The number of aryl methyl sites for hydroxylation is 3. The molecule has 1 N–H and O–H groups in total. The van der Waals surface area contributed by atoms with Crippen LogP contribution in [0.2, 0.25) is 0 Å². The van der Waals surface area contributed by atoms with Crippen LogP contribution < -0.4 is 5.32 Å². The van der Waals surface area contributed by atoms with Crippen LogP contribution in [0.3, 0.4) is 0 Å². The van der Waals surface area contributed by atoms with E-state index in [1.807, 2.05) is 7.05 Å². The molecule has 16 heavy (non-hydrogen) atoms. The zero-order chi connectivity index (χ0) is 11.7. The fourth-order valence-corrected chi connectivity index (χ4v) is 1.97. The number of hydrogen-bond donors (Lipinski definition) is 1. The first-order chi connectivity index (χ1) is 7.67. The lowest BCUT2D eigenvalue weighted by Crippen LogP contribution is -1.97. The molecule has 2 heteroatoms. The minimum absolute atomic E-state index is 0.970. The molecule has 0 saturated carbocycles. The summed E-state index contributed by atoms with van der Waals surface area (Å²) in [7, 11) is 1.96. The Kier molecular flexibility index (Phi) is 2.82. The van der Waals surface area contributed by atoms with Gasteiger partial charge in [-0.3, -0.25) is 4.98 Å². The maximum Gasteiger partial charge on any atom is 0.0757 e. The smallest absolute Gasteiger partial charge is 0.0757 e. The topological polar surface area (TPSA) is 24.9 Å². The molecule has 0 aliphatic rings. The Morgan fingerprint density at radius 3 is 2.62 bits per heavy atom. The third-order valence-electron chi connectivity index (χ3n) is 3.19. The van der Waals surface area contributed by atoms with Gasteiger partial charge in [0.25, 0.3) is 0 Å². The van der Waals surface area contributed by atoms with E-state index in [0.29, 0.717) is 0 Å². The number of rotatable bonds is 2. The second-order valence-electron chi connectivity index (χ2n) is 4.17. The number of hydrogen-bond acceptors (Lipinski definition) is 2. The number of pyridine rings is 1. The average molecular weight is 214 g/mol. The van der Waals surface area contributed by atoms with Gasteiger partial charge in [-0.05, 0) is 37.5 Å². The fraction of sp³-hybridized carbons (Fsp3) is 0.357. The molecule has 2 aromatic rings. The van der Waals surface area contributed by atoms with Crippen LogP contribution in [0.25, 0.3) is 10.9 Å². The van der Waals surface area contributed by atoms with Crippen LogP contribution >= 0.6 is 0 Å². The molecule has 1 aromatic heterocycles. The van der Waals surface area contributed by atoms with E-state index in [9.17, 15) is 0 Å². The highest BCUT2D eigenvalue weighted by atomic mass is 14.8. The predicted molar refractivity (Wildman–Crippen MR) is 70.1 cm³/mol. The number of fused-ring (bicyclic) bond motifs is 1. The first-order valence-corrected chi connectivity index (χ1v) is 5.75. The van der Waals surface area contributed by atoms with Crippen LogP contribution in [-0.2, 0) is 6.42 Å². The normalized spacial score (nSPS) is 10.8. The monoisotopic (exact) mass is 214 g/mol. The van der Waals surface area contributed by atoms with Crippen LogP contribution in [0.15, 0.2) is 18.2 Å². The molecule has 0 spiro atoms. The number of aromatic nitrogens is 1. The molecule has 84 valence electrons. The Morgan fingerprint density at radius 2 is 2.00 bits per heavy atom. The Labute approximate surface area is 96.7 Å². The Morgan fingerprint density at radius 1 is 1.25 bits per heavy atom. The average Bonchev–Trinajstić information content (AvgIpc) is 2.32. The van der Waals surface area contributed by atoms with Gasteiger partial charge in [-0.25, -0.2) is 0 Å². The van der Waals surface area contributed by atoms with Gasteiger partial charge in [0.15, 0.2) is 0 Å². The third-order valence-corrected chi connectivity index (χ3v) is 3.19. The van der Waals surface area contributed by atoms with Crippen molar-refractivity contribution in [2.45, 2.75) is 27.2 Å². The maximum absolute atomic E-state index is 4.72. The predicted octanol–water partition coefficient (Wildman–Crippen LogP) is 3.46. The van der Waals surface area contributed by atoms with Crippen molar-refractivity contribution in [2.75, 3.05) is 12.4 Å². The van der Waals surface area contributed by atoms with Gasteiger partial charge in [-0.15, -0.1) is 0 Å². The first-order valence-electron chi connectivity index (χ1n) is 5.75. The van der Waals surface area contributed by atoms with Crippen molar-refractivity contribution in [3.8, 4) is 0 Å². The number of nitrogens with zero attached hydrogens (tertiary/aromatic N) is 1. The highest BCUT2D eigenvalue weighted by Gasteiger charge is 2.07. The van der Waals surface area contributed by atoms with Gasteiger partial charge < -0.3 is 5.32 Å². The van der Waals surface area contributed by atoms with Crippen LogP contribution in [0.4, 0.5) is 5.69 Å². The first kappa shape index (κ1) is 10.9. The van der Waals surface area contributed by atoms with Crippen LogP contribution in [-0.4, -0.2) is 12.0 Å². The van der Waals surface area contributed by atoms with Crippen LogP contribution in [0.5, 0.6) is 0 Å². The highest BCUT2D eigenvalue weighted by molar-refractivity contribution is 5.93. The fourth-order valence-electron chi connectivity index (χ4n) is 1.97. The molecule has 1 heterocycles. The van der Waals surface area contributed by atoms with Crippen LogP contribution in [0, 0.1) is 13.8 Å². The molecule has 0 saturated heterocycles. The van der Waals surface area contributed by atoms with Crippen molar-refractivity contribution in [1.82, 2.24) is 4.98 Å². The van der Waals surface area contributed by atoms with E-state index in [1.165, 1.54) is 22.2 Å². The van der Waals surface area contributed by atoms with Crippen molar-refractivity contribution < 1.29 is 0 Å². The molecule has 0 atom stereocenters. The molecule has 0 amide bonds.